The maximum atomic E-state index is 13.5. The molecule has 1 unspecified atom stereocenters. The number of amides is 2. The lowest BCUT2D eigenvalue weighted by Gasteiger charge is -2.37. The number of aromatic nitrogens is 1. The molecule has 2 heterocycles. The molecule has 1 aromatic carbocycles. The maximum absolute atomic E-state index is 13.5. The fourth-order valence-electron chi connectivity index (χ4n) is 5.22. The summed E-state index contributed by atoms with van der Waals surface area (Å²) in [6.07, 6.45) is 1.89. The molecule has 1 saturated carbocycles. The third-order valence-corrected chi connectivity index (χ3v) is 7.64. The molecule has 10 heteroatoms. The number of hydrogen-bond donors (Lipinski definition) is 3. The monoisotopic (exact) mass is 547 g/mol. The van der Waals surface area contributed by atoms with Crippen molar-refractivity contribution in [3.8, 4) is 11.5 Å². The number of anilines is 1. The Balaban J connectivity index is 1.59. The Kier molecular flexibility index (Phi) is 6.61. The van der Waals surface area contributed by atoms with Crippen molar-refractivity contribution in [2.24, 2.45) is 5.92 Å². The summed E-state index contributed by atoms with van der Waals surface area (Å²) in [7, 11) is 1.58. The van der Waals surface area contributed by atoms with E-state index in [9.17, 15) is 14.4 Å². The number of H-pyrrole nitrogens is 1. The van der Waals surface area contributed by atoms with Gasteiger partial charge in [0.1, 0.15) is 5.69 Å². The summed E-state index contributed by atoms with van der Waals surface area (Å²) < 4.78 is 13.3. The first kappa shape index (κ1) is 25.1. The number of fused-ring (bicyclic) bond motifs is 1. The first-order valence-corrected chi connectivity index (χ1v) is 12.4. The molecule has 2 aliphatic rings. The molecule has 0 radical (unpaired) electrons. The zero-order valence-electron chi connectivity index (χ0n) is 20.5. The first-order chi connectivity index (χ1) is 16.4. The van der Waals surface area contributed by atoms with Crippen LogP contribution in [0, 0.1) is 26.7 Å². The smallest absolute Gasteiger partial charge is 0.404 e. The van der Waals surface area contributed by atoms with Gasteiger partial charge in [0.2, 0.25) is 0 Å². The molecule has 1 atom stereocenters. The van der Waals surface area contributed by atoms with Crippen LogP contribution in [-0.4, -0.2) is 41.0 Å². The van der Waals surface area contributed by atoms with Gasteiger partial charge >= 0.3 is 6.09 Å². The number of hydrogen-bond acceptors (Lipinski definition) is 5. The van der Waals surface area contributed by atoms with Gasteiger partial charge in [-0.15, -0.1) is 0 Å². The lowest BCUT2D eigenvalue weighted by atomic mass is 9.81. The van der Waals surface area contributed by atoms with Crippen LogP contribution in [0.2, 0.25) is 0 Å². The van der Waals surface area contributed by atoms with E-state index < -0.39 is 11.9 Å². The van der Waals surface area contributed by atoms with Crippen molar-refractivity contribution in [3.05, 3.63) is 49.3 Å². The van der Waals surface area contributed by atoms with Gasteiger partial charge in [-0.05, 0) is 80.1 Å². The second-order valence-corrected chi connectivity index (χ2v) is 10.4. The van der Waals surface area contributed by atoms with Gasteiger partial charge in [0.05, 0.1) is 4.47 Å². The van der Waals surface area contributed by atoms with Gasteiger partial charge in [0, 0.05) is 42.8 Å². The molecule has 188 valence electrons. The highest BCUT2D eigenvalue weighted by atomic mass is 79.9. The summed E-state index contributed by atoms with van der Waals surface area (Å²) in [5, 5.41) is 11.5. The van der Waals surface area contributed by atoms with Crippen molar-refractivity contribution in [2.45, 2.75) is 65.2 Å². The molecule has 2 amide bonds. The van der Waals surface area contributed by atoms with Gasteiger partial charge in [-0.3, -0.25) is 9.59 Å². The Bertz CT molecular complexity index is 1250. The summed E-state index contributed by atoms with van der Waals surface area (Å²) in [6.45, 7) is 7.29. The Hall–Kier alpha value is -3.01. The van der Waals surface area contributed by atoms with Gasteiger partial charge in [-0.25, -0.2) is 4.79 Å². The zero-order chi connectivity index (χ0) is 25.7. The molecule has 0 saturated heterocycles. The van der Waals surface area contributed by atoms with E-state index in [-0.39, 0.29) is 23.4 Å². The molecular weight excluding hydrogens is 518 g/mol. The molecule has 2 aromatic rings. The highest BCUT2D eigenvalue weighted by molar-refractivity contribution is 9.10. The number of carbonyl (C=O) groups excluding carboxylic acids is 1. The van der Waals surface area contributed by atoms with E-state index in [0.717, 1.165) is 18.5 Å². The molecule has 1 aromatic heterocycles. The quantitative estimate of drug-likeness (QED) is 0.512. The van der Waals surface area contributed by atoms with E-state index in [4.69, 9.17) is 14.6 Å². The standard InChI is InChI=1S/C25H30BrN3O6/c1-12-10-13(2)27-22(30)19(12)29(5)23(31)17-11-18(26)21-20(14(17)3)34-25(4,35-21)15-6-8-16(9-7-15)28-24(32)33/h10-11,15-16,28H,6-9H2,1-5H3,(H,27,30)(H,32,33)/t15-,16-,25?. The van der Waals surface area contributed by atoms with Crippen LogP contribution in [0.4, 0.5) is 10.5 Å². The van der Waals surface area contributed by atoms with Crippen LogP contribution in [-0.2, 0) is 0 Å². The van der Waals surface area contributed by atoms with Crippen molar-refractivity contribution >= 4 is 33.6 Å². The first-order valence-electron chi connectivity index (χ1n) is 11.6. The SMILES string of the molecule is Cc1cc(C)c(N(C)C(=O)c2cc(Br)c3c(c2C)OC(C)([C@H]2CC[C@H](NC(=O)O)CC2)O3)c(=O)[nH]1. The van der Waals surface area contributed by atoms with E-state index in [0.29, 0.717) is 51.2 Å². The van der Waals surface area contributed by atoms with Gasteiger partial charge < -0.3 is 29.8 Å². The minimum atomic E-state index is -1.01. The Morgan fingerprint density at radius 2 is 1.77 bits per heavy atom. The number of ether oxygens (including phenoxy) is 2. The lowest BCUT2D eigenvalue weighted by molar-refractivity contribution is -0.121. The number of halogens is 1. The van der Waals surface area contributed by atoms with E-state index in [1.807, 2.05) is 13.0 Å². The van der Waals surface area contributed by atoms with E-state index in [1.54, 1.807) is 33.9 Å². The second-order valence-electron chi connectivity index (χ2n) is 9.58. The summed E-state index contributed by atoms with van der Waals surface area (Å²) in [4.78, 5) is 41.1. The predicted octanol–water partition coefficient (Wildman–Crippen LogP) is 4.65. The molecule has 35 heavy (non-hydrogen) atoms. The van der Waals surface area contributed by atoms with Crippen LogP contribution >= 0.6 is 15.9 Å². The van der Waals surface area contributed by atoms with Crippen molar-refractivity contribution in [2.75, 3.05) is 11.9 Å². The van der Waals surface area contributed by atoms with Crippen LogP contribution in [0.3, 0.4) is 0 Å². The molecular formula is C25H30BrN3O6. The summed E-state index contributed by atoms with van der Waals surface area (Å²) in [5.74, 6) is -0.162. The normalized spacial score (nSPS) is 23.1. The summed E-state index contributed by atoms with van der Waals surface area (Å²) in [5.41, 5.74) is 2.44. The number of aryl methyl sites for hydroxylation is 2. The average Bonchev–Trinajstić information content (AvgIpc) is 3.15. The number of pyridine rings is 1. The van der Waals surface area contributed by atoms with E-state index in [2.05, 4.69) is 26.2 Å². The van der Waals surface area contributed by atoms with Crippen molar-refractivity contribution in [1.29, 1.82) is 0 Å². The molecule has 1 fully saturated rings. The van der Waals surface area contributed by atoms with Gasteiger partial charge in [0.25, 0.3) is 17.3 Å². The number of nitrogens with zero attached hydrogens (tertiary/aromatic N) is 1. The number of nitrogens with one attached hydrogen (secondary N) is 2. The summed E-state index contributed by atoms with van der Waals surface area (Å²) in [6, 6.07) is 3.46. The molecule has 9 nitrogen and oxygen atoms in total. The molecule has 0 bridgehead atoms. The average molecular weight is 548 g/mol. The van der Waals surface area contributed by atoms with Crippen molar-refractivity contribution in [3.63, 3.8) is 0 Å². The molecule has 1 aliphatic heterocycles. The van der Waals surface area contributed by atoms with Crippen molar-refractivity contribution in [1.82, 2.24) is 10.3 Å². The van der Waals surface area contributed by atoms with Gasteiger partial charge in [-0.1, -0.05) is 0 Å². The minimum absolute atomic E-state index is 0.0589. The number of aromatic amines is 1. The molecule has 1 aliphatic carbocycles. The van der Waals surface area contributed by atoms with E-state index in [1.165, 1.54) is 4.90 Å². The van der Waals surface area contributed by atoms with Crippen LogP contribution in [0.25, 0.3) is 0 Å². The Morgan fingerprint density at radius 1 is 1.14 bits per heavy atom. The second kappa shape index (κ2) is 9.22. The minimum Gasteiger partial charge on any atom is -0.465 e. The number of benzene rings is 1. The Morgan fingerprint density at radius 3 is 2.37 bits per heavy atom. The van der Waals surface area contributed by atoms with Crippen LogP contribution in [0.1, 0.15) is 59.8 Å². The maximum Gasteiger partial charge on any atom is 0.404 e. The predicted molar refractivity (Wildman–Crippen MR) is 135 cm³/mol. The zero-order valence-corrected chi connectivity index (χ0v) is 22.0. The highest BCUT2D eigenvalue weighted by Gasteiger charge is 2.47. The largest absolute Gasteiger partial charge is 0.465 e. The summed E-state index contributed by atoms with van der Waals surface area (Å²) >= 11 is 3.54. The van der Waals surface area contributed by atoms with Gasteiger partial charge in [-0.2, -0.15) is 0 Å². The van der Waals surface area contributed by atoms with Crippen LogP contribution in [0.15, 0.2) is 21.4 Å². The number of carboxylic acid groups (broad SMARTS) is 1. The fourth-order valence-corrected chi connectivity index (χ4v) is 5.71. The topological polar surface area (TPSA) is 121 Å². The lowest BCUT2D eigenvalue weighted by Crippen LogP contribution is -2.47. The molecule has 3 N–H and O–H groups in total. The highest BCUT2D eigenvalue weighted by Crippen LogP contribution is 2.51. The van der Waals surface area contributed by atoms with Gasteiger partial charge in [0.15, 0.2) is 11.5 Å². The fraction of sp³-hybridized carbons (Fsp3) is 0.480. The number of carbonyl (C=O) groups is 2. The van der Waals surface area contributed by atoms with Crippen molar-refractivity contribution < 1.29 is 24.2 Å². The van der Waals surface area contributed by atoms with Crippen LogP contribution < -0.4 is 25.2 Å². The van der Waals surface area contributed by atoms with E-state index >= 15 is 0 Å². The Labute approximate surface area is 211 Å². The third kappa shape index (κ3) is 4.63. The molecule has 0 spiro atoms. The number of rotatable bonds is 4. The van der Waals surface area contributed by atoms with Crippen LogP contribution in [0.5, 0.6) is 11.5 Å². The third-order valence-electron chi connectivity index (χ3n) is 7.05. The molecule has 4 rings (SSSR count).